The van der Waals surface area contributed by atoms with Gasteiger partial charge in [-0.15, -0.1) is 6.58 Å². The molecule has 80 valence electrons. The minimum absolute atomic E-state index is 0.126. The fraction of sp³-hybridized carbons (Fsp3) is 0.700. The van der Waals surface area contributed by atoms with Gasteiger partial charge in [0.15, 0.2) is 0 Å². The van der Waals surface area contributed by atoms with Gasteiger partial charge in [-0.25, -0.2) is 0 Å². The van der Waals surface area contributed by atoms with E-state index in [4.69, 9.17) is 0 Å². The molecule has 2 N–H and O–H groups in total. The SMILES string of the molecule is C=CCSCCNCC(=O)NC1CC1. The van der Waals surface area contributed by atoms with E-state index in [1.165, 1.54) is 0 Å². The monoisotopic (exact) mass is 214 g/mol. The summed E-state index contributed by atoms with van der Waals surface area (Å²) in [6.45, 7) is 4.98. The standard InChI is InChI=1S/C10H18N2OS/c1-2-6-14-7-5-11-8-10(13)12-9-3-4-9/h2,9,11H,1,3-8H2,(H,12,13). The molecule has 4 heteroatoms. The van der Waals surface area contributed by atoms with E-state index in [0.717, 1.165) is 30.9 Å². The van der Waals surface area contributed by atoms with Crippen LogP contribution < -0.4 is 10.6 Å². The van der Waals surface area contributed by atoms with Gasteiger partial charge < -0.3 is 10.6 Å². The minimum Gasteiger partial charge on any atom is -0.352 e. The number of carbonyl (C=O) groups is 1. The first-order valence-corrected chi connectivity index (χ1v) is 6.17. The van der Waals surface area contributed by atoms with E-state index in [0.29, 0.717) is 12.6 Å². The number of hydrogen-bond donors (Lipinski definition) is 2. The molecule has 0 aromatic carbocycles. The van der Waals surface area contributed by atoms with Crippen LogP contribution in [0.1, 0.15) is 12.8 Å². The van der Waals surface area contributed by atoms with E-state index in [1.807, 2.05) is 17.8 Å². The second-order valence-corrected chi connectivity index (χ2v) is 4.53. The molecule has 1 fully saturated rings. The number of carbonyl (C=O) groups excluding carboxylic acids is 1. The van der Waals surface area contributed by atoms with Crippen molar-refractivity contribution >= 4 is 17.7 Å². The first-order valence-electron chi connectivity index (χ1n) is 5.01. The van der Waals surface area contributed by atoms with Gasteiger partial charge >= 0.3 is 0 Å². The maximum atomic E-state index is 11.2. The molecule has 1 rings (SSSR count). The van der Waals surface area contributed by atoms with Crippen LogP contribution in [-0.4, -0.2) is 36.5 Å². The van der Waals surface area contributed by atoms with Crippen LogP contribution in [-0.2, 0) is 4.79 Å². The van der Waals surface area contributed by atoms with Crippen LogP contribution in [0.2, 0.25) is 0 Å². The smallest absolute Gasteiger partial charge is 0.234 e. The zero-order valence-electron chi connectivity index (χ0n) is 8.42. The molecule has 1 aliphatic rings. The lowest BCUT2D eigenvalue weighted by Gasteiger charge is -2.04. The molecule has 1 aliphatic carbocycles. The molecular weight excluding hydrogens is 196 g/mol. The Kier molecular flexibility index (Phi) is 5.71. The van der Waals surface area contributed by atoms with Crippen molar-refractivity contribution in [3.63, 3.8) is 0 Å². The molecule has 0 unspecified atom stereocenters. The summed E-state index contributed by atoms with van der Waals surface area (Å²) in [5.74, 6) is 2.14. The molecule has 0 aliphatic heterocycles. The zero-order valence-corrected chi connectivity index (χ0v) is 9.24. The van der Waals surface area contributed by atoms with Crippen molar-refractivity contribution in [1.29, 1.82) is 0 Å². The van der Waals surface area contributed by atoms with Crippen molar-refractivity contribution in [2.24, 2.45) is 0 Å². The lowest BCUT2D eigenvalue weighted by molar-refractivity contribution is -0.120. The van der Waals surface area contributed by atoms with Crippen LogP contribution in [0.5, 0.6) is 0 Å². The Balaban J connectivity index is 1.82. The Hall–Kier alpha value is -0.480. The van der Waals surface area contributed by atoms with Crippen molar-refractivity contribution < 1.29 is 4.79 Å². The average molecular weight is 214 g/mol. The van der Waals surface area contributed by atoms with Gasteiger partial charge in [-0.3, -0.25) is 4.79 Å². The topological polar surface area (TPSA) is 41.1 Å². The highest BCUT2D eigenvalue weighted by Gasteiger charge is 2.22. The number of amides is 1. The Morgan fingerprint density at radius 3 is 3.00 bits per heavy atom. The highest BCUT2D eigenvalue weighted by molar-refractivity contribution is 7.99. The van der Waals surface area contributed by atoms with Gasteiger partial charge in [-0.05, 0) is 12.8 Å². The van der Waals surface area contributed by atoms with Gasteiger partial charge in [0, 0.05) is 24.1 Å². The van der Waals surface area contributed by atoms with Crippen LogP contribution in [0.4, 0.5) is 0 Å². The predicted molar refractivity (Wildman–Crippen MR) is 61.6 cm³/mol. The molecule has 14 heavy (non-hydrogen) atoms. The van der Waals surface area contributed by atoms with Gasteiger partial charge in [-0.2, -0.15) is 11.8 Å². The highest BCUT2D eigenvalue weighted by atomic mass is 32.2. The van der Waals surface area contributed by atoms with Gasteiger partial charge in [0.05, 0.1) is 6.54 Å². The Labute approximate surface area is 89.7 Å². The van der Waals surface area contributed by atoms with E-state index in [-0.39, 0.29) is 5.91 Å². The van der Waals surface area contributed by atoms with E-state index in [2.05, 4.69) is 17.2 Å². The van der Waals surface area contributed by atoms with Crippen molar-refractivity contribution in [2.45, 2.75) is 18.9 Å². The molecule has 3 nitrogen and oxygen atoms in total. The maximum absolute atomic E-state index is 11.2. The molecule has 1 saturated carbocycles. The molecule has 0 aromatic rings. The van der Waals surface area contributed by atoms with Crippen LogP contribution in [0.15, 0.2) is 12.7 Å². The lowest BCUT2D eigenvalue weighted by Crippen LogP contribution is -2.35. The largest absolute Gasteiger partial charge is 0.352 e. The Morgan fingerprint density at radius 1 is 1.57 bits per heavy atom. The van der Waals surface area contributed by atoms with E-state index in [9.17, 15) is 4.79 Å². The van der Waals surface area contributed by atoms with Crippen LogP contribution in [0, 0.1) is 0 Å². The summed E-state index contributed by atoms with van der Waals surface area (Å²) in [5.41, 5.74) is 0. The molecule has 1 amide bonds. The highest BCUT2D eigenvalue weighted by Crippen LogP contribution is 2.18. The normalized spacial score (nSPS) is 15.1. The second-order valence-electron chi connectivity index (χ2n) is 3.38. The summed E-state index contributed by atoms with van der Waals surface area (Å²) < 4.78 is 0. The molecule has 0 radical (unpaired) electrons. The molecule has 0 spiro atoms. The second kappa shape index (κ2) is 6.90. The first kappa shape index (κ1) is 11.6. The van der Waals surface area contributed by atoms with Gasteiger partial charge in [0.2, 0.25) is 5.91 Å². The number of thioether (sulfide) groups is 1. The number of nitrogens with one attached hydrogen (secondary N) is 2. The van der Waals surface area contributed by atoms with E-state index < -0.39 is 0 Å². The van der Waals surface area contributed by atoms with Crippen LogP contribution in [0.3, 0.4) is 0 Å². The summed E-state index contributed by atoms with van der Waals surface area (Å²) in [7, 11) is 0. The number of hydrogen-bond acceptors (Lipinski definition) is 3. The predicted octanol–water partition coefficient (Wildman–Crippen LogP) is 0.774. The fourth-order valence-electron chi connectivity index (χ4n) is 1.02. The van der Waals surface area contributed by atoms with Gasteiger partial charge in [0.25, 0.3) is 0 Å². The average Bonchev–Trinajstić information content (AvgIpc) is 2.95. The summed E-state index contributed by atoms with van der Waals surface area (Å²) in [6, 6.07) is 0.472. The van der Waals surface area contributed by atoms with Gasteiger partial charge in [0.1, 0.15) is 0 Å². The summed E-state index contributed by atoms with van der Waals surface area (Å²) >= 11 is 1.82. The van der Waals surface area contributed by atoms with Crippen molar-refractivity contribution in [3.05, 3.63) is 12.7 Å². The van der Waals surface area contributed by atoms with Gasteiger partial charge in [-0.1, -0.05) is 6.08 Å². The molecular formula is C10H18N2OS. The third-order valence-electron chi connectivity index (χ3n) is 1.89. The molecule has 0 aromatic heterocycles. The fourth-order valence-corrected chi connectivity index (χ4v) is 1.64. The maximum Gasteiger partial charge on any atom is 0.234 e. The third-order valence-corrected chi connectivity index (χ3v) is 2.85. The summed E-state index contributed by atoms with van der Waals surface area (Å²) in [4.78, 5) is 11.2. The molecule has 0 saturated heterocycles. The molecule has 0 heterocycles. The van der Waals surface area contributed by atoms with Crippen molar-refractivity contribution in [1.82, 2.24) is 10.6 Å². The molecule has 0 bridgehead atoms. The lowest BCUT2D eigenvalue weighted by atomic mass is 10.5. The number of rotatable bonds is 8. The zero-order chi connectivity index (χ0) is 10.2. The van der Waals surface area contributed by atoms with Crippen LogP contribution in [0.25, 0.3) is 0 Å². The minimum atomic E-state index is 0.126. The quantitative estimate of drug-likeness (QED) is 0.463. The third kappa shape index (κ3) is 6.05. The summed E-state index contributed by atoms with van der Waals surface area (Å²) in [5, 5.41) is 6.04. The van der Waals surface area contributed by atoms with E-state index in [1.54, 1.807) is 0 Å². The molecule has 0 atom stereocenters. The first-order chi connectivity index (χ1) is 6.83. The Bertz CT molecular complexity index is 193. The Morgan fingerprint density at radius 2 is 2.36 bits per heavy atom. The van der Waals surface area contributed by atoms with Crippen molar-refractivity contribution in [3.8, 4) is 0 Å². The van der Waals surface area contributed by atoms with Crippen LogP contribution >= 0.6 is 11.8 Å². The van der Waals surface area contributed by atoms with E-state index >= 15 is 0 Å². The summed E-state index contributed by atoms with van der Waals surface area (Å²) in [6.07, 6.45) is 4.20. The van der Waals surface area contributed by atoms with Crippen molar-refractivity contribution in [2.75, 3.05) is 24.6 Å².